The second kappa shape index (κ2) is 19.3. The van der Waals surface area contributed by atoms with E-state index in [4.69, 9.17) is 0 Å². The van der Waals surface area contributed by atoms with E-state index in [9.17, 15) is 0 Å². The van der Waals surface area contributed by atoms with E-state index < -0.39 is 0 Å². The molecule has 0 fully saturated rings. The first kappa shape index (κ1) is 44.1. The average Bonchev–Trinajstić information content (AvgIpc) is 3.45. The Morgan fingerprint density at radius 2 is 0.625 bits per heavy atom. The van der Waals surface area contributed by atoms with E-state index in [0.29, 0.717) is 0 Å². The topological polar surface area (TPSA) is 30.5 Å². The van der Waals surface area contributed by atoms with Crippen LogP contribution in [0.4, 0.5) is 45.5 Å². The normalized spacial score (nSPS) is 16.9. The van der Waals surface area contributed by atoms with Crippen LogP contribution < -0.4 is 20.4 Å². The van der Waals surface area contributed by atoms with Crippen molar-refractivity contribution in [1.29, 1.82) is 0 Å². The highest BCUT2D eigenvalue weighted by atomic mass is 15.1. The van der Waals surface area contributed by atoms with E-state index in [2.05, 4.69) is 312 Å². The van der Waals surface area contributed by atoms with Gasteiger partial charge in [0.15, 0.2) is 0 Å². The van der Waals surface area contributed by atoms with Crippen LogP contribution in [0.25, 0.3) is 32.7 Å². The summed E-state index contributed by atoms with van der Waals surface area (Å²) in [6.45, 7) is 0. The number of para-hydroxylation sites is 2. The highest BCUT2D eigenvalue weighted by Gasteiger charge is 2.32. The maximum Gasteiger partial charge on any atom is 0.0853 e. The Hall–Kier alpha value is -9.12. The van der Waals surface area contributed by atoms with Crippen molar-refractivity contribution in [3.8, 4) is 11.1 Å². The Morgan fingerprint density at radius 1 is 0.292 bits per heavy atom. The summed E-state index contributed by atoms with van der Waals surface area (Å²) in [5.41, 5.74) is 12.8. The largest absolute Gasteiger partial charge is 0.372 e. The molecule has 0 bridgehead atoms. The van der Waals surface area contributed by atoms with Gasteiger partial charge in [0.05, 0.1) is 11.1 Å². The summed E-state index contributed by atoms with van der Waals surface area (Å²) in [6.07, 6.45) is 19.4. The van der Waals surface area contributed by atoms with Gasteiger partial charge in [-0.3, -0.25) is 0 Å². The Bertz CT molecular complexity index is 3360. The van der Waals surface area contributed by atoms with Crippen LogP contribution in [-0.4, -0.2) is 0 Å². The highest BCUT2D eigenvalue weighted by molar-refractivity contribution is 5.89. The lowest BCUT2D eigenvalue weighted by atomic mass is 9.81. The van der Waals surface area contributed by atoms with Gasteiger partial charge in [-0.05, 0) is 154 Å². The number of nitrogens with zero attached hydrogens (tertiary/aromatic N) is 2. The van der Waals surface area contributed by atoms with Crippen molar-refractivity contribution in [2.24, 2.45) is 0 Å². The molecule has 0 saturated carbocycles. The second-order valence-electron chi connectivity index (χ2n) is 18.8. The summed E-state index contributed by atoms with van der Waals surface area (Å²) in [7, 11) is 0. The Labute approximate surface area is 422 Å². The van der Waals surface area contributed by atoms with Crippen LogP contribution in [0.5, 0.6) is 0 Å². The fourth-order valence-electron chi connectivity index (χ4n) is 10.7. The second-order valence-corrected chi connectivity index (χ2v) is 18.8. The molecular weight excluding hydrogens is 873 g/mol. The Morgan fingerprint density at radius 3 is 1.00 bits per heavy atom. The van der Waals surface area contributed by atoms with E-state index in [1.807, 2.05) is 0 Å². The minimum atomic E-state index is -0.373. The fraction of sp³-hybridized carbons (Fsp3) is 0.0588. The lowest BCUT2D eigenvalue weighted by Gasteiger charge is -2.35. The molecule has 0 amide bonds. The first-order valence-electron chi connectivity index (χ1n) is 24.9. The quantitative estimate of drug-likeness (QED) is 0.121. The molecule has 10 aromatic rings. The number of benzene rings is 10. The van der Waals surface area contributed by atoms with Gasteiger partial charge >= 0.3 is 0 Å². The predicted molar refractivity (Wildman–Crippen MR) is 306 cm³/mol. The molecule has 2 unspecified atom stereocenters. The van der Waals surface area contributed by atoms with Crippen molar-refractivity contribution in [2.75, 3.05) is 20.4 Å². The molecule has 2 atom stereocenters. The first-order chi connectivity index (χ1) is 35.6. The number of anilines is 8. The van der Waals surface area contributed by atoms with Gasteiger partial charge in [0.2, 0.25) is 0 Å². The van der Waals surface area contributed by atoms with Crippen LogP contribution in [0.2, 0.25) is 0 Å². The lowest BCUT2D eigenvalue weighted by molar-refractivity contribution is 0.623. The van der Waals surface area contributed by atoms with Crippen molar-refractivity contribution < 1.29 is 0 Å². The van der Waals surface area contributed by atoms with Crippen molar-refractivity contribution in [1.82, 2.24) is 0 Å². The first-order valence-corrected chi connectivity index (χ1v) is 24.9. The van der Waals surface area contributed by atoms with Crippen molar-refractivity contribution in [3.05, 3.63) is 302 Å². The minimum absolute atomic E-state index is 0.373. The summed E-state index contributed by atoms with van der Waals surface area (Å²) in [6, 6.07) is 87.4. The molecule has 0 aromatic heterocycles. The molecule has 0 aliphatic heterocycles. The molecule has 4 heteroatoms. The van der Waals surface area contributed by atoms with Gasteiger partial charge in [-0.2, -0.15) is 0 Å². The smallest absolute Gasteiger partial charge is 0.0853 e. The number of hydrogen-bond donors (Lipinski definition) is 2. The van der Waals surface area contributed by atoms with Crippen LogP contribution in [0.15, 0.2) is 291 Å². The molecule has 4 nitrogen and oxygen atoms in total. The standard InChI is InChI=1S/C68H54N4/c1-5-23-57(24-6-1)71(61-43-35-55(36-44-61)69-67(47-13-3-14-48-67)65-29-17-21-53-19-9-11-27-63(53)65)59-39-31-51(32-40-59)52-33-41-60(42-34-52)72(58-25-7-2-8-26-58)62-45-37-56(38-46-62)70-68(49-15-4-16-50-68)66-30-18-22-54-20-10-12-28-64(54)66/h1-47,49,69-70H,48,50H2. The molecule has 0 spiro atoms. The lowest BCUT2D eigenvalue weighted by Crippen LogP contribution is -2.34. The molecule has 10 aromatic carbocycles. The van der Waals surface area contributed by atoms with Crippen LogP contribution >= 0.6 is 0 Å². The molecule has 0 radical (unpaired) electrons. The molecule has 2 aliphatic rings. The van der Waals surface area contributed by atoms with Gasteiger partial charge in [-0.15, -0.1) is 0 Å². The number of rotatable bonds is 13. The van der Waals surface area contributed by atoms with Gasteiger partial charge in [0.1, 0.15) is 0 Å². The number of fused-ring (bicyclic) bond motifs is 2. The summed E-state index contributed by atoms with van der Waals surface area (Å²) >= 11 is 0. The fourth-order valence-corrected chi connectivity index (χ4v) is 10.7. The van der Waals surface area contributed by atoms with E-state index in [-0.39, 0.29) is 11.1 Å². The minimum Gasteiger partial charge on any atom is -0.372 e. The van der Waals surface area contributed by atoms with Gasteiger partial charge in [0, 0.05) is 45.5 Å². The van der Waals surface area contributed by atoms with Gasteiger partial charge in [0.25, 0.3) is 0 Å². The summed E-state index contributed by atoms with van der Waals surface area (Å²) in [5.74, 6) is 0. The summed E-state index contributed by atoms with van der Waals surface area (Å²) < 4.78 is 0. The maximum absolute atomic E-state index is 3.96. The SMILES string of the molecule is C1=CCC(Nc2ccc(N(c3ccccc3)c3ccc(-c4ccc(N(c5ccccc5)c5ccc(NC6(c7cccc8ccccc78)C=CC=CC6)cc5)cc4)cc3)cc2)(c2cccc3ccccc23)C=C1. The Balaban J connectivity index is 0.801. The zero-order chi connectivity index (χ0) is 48.2. The zero-order valence-corrected chi connectivity index (χ0v) is 40.0. The summed E-state index contributed by atoms with van der Waals surface area (Å²) in [5, 5.41) is 12.9. The molecule has 12 rings (SSSR count). The van der Waals surface area contributed by atoms with Crippen LogP contribution in [-0.2, 0) is 11.1 Å². The van der Waals surface area contributed by atoms with Gasteiger partial charge < -0.3 is 20.4 Å². The zero-order valence-electron chi connectivity index (χ0n) is 40.0. The van der Waals surface area contributed by atoms with Crippen LogP contribution in [0.3, 0.4) is 0 Å². The monoisotopic (exact) mass is 926 g/mol. The average molecular weight is 927 g/mol. The maximum atomic E-state index is 3.96. The molecule has 2 aliphatic carbocycles. The Kier molecular flexibility index (Phi) is 11.9. The number of hydrogen-bond acceptors (Lipinski definition) is 4. The third-order valence-corrected chi connectivity index (χ3v) is 14.3. The molecule has 346 valence electrons. The van der Waals surface area contributed by atoms with Gasteiger partial charge in [-0.25, -0.2) is 0 Å². The van der Waals surface area contributed by atoms with Crippen LogP contribution in [0.1, 0.15) is 24.0 Å². The molecular formula is C68H54N4. The molecule has 2 N–H and O–H groups in total. The third-order valence-electron chi connectivity index (χ3n) is 14.3. The van der Waals surface area contributed by atoms with E-state index >= 15 is 0 Å². The highest BCUT2D eigenvalue weighted by Crippen LogP contribution is 2.43. The predicted octanol–water partition coefficient (Wildman–Crippen LogP) is 18.2. The van der Waals surface area contributed by atoms with Crippen molar-refractivity contribution in [2.45, 2.75) is 23.9 Å². The van der Waals surface area contributed by atoms with E-state index in [1.165, 1.54) is 32.7 Å². The van der Waals surface area contributed by atoms with Crippen molar-refractivity contribution >= 4 is 67.0 Å². The van der Waals surface area contributed by atoms with E-state index in [1.54, 1.807) is 0 Å². The summed E-state index contributed by atoms with van der Waals surface area (Å²) in [4.78, 5) is 4.65. The molecule has 72 heavy (non-hydrogen) atoms. The van der Waals surface area contributed by atoms with E-state index in [0.717, 1.165) is 69.5 Å². The molecule has 0 heterocycles. The third kappa shape index (κ3) is 8.65. The van der Waals surface area contributed by atoms with Crippen LogP contribution in [0, 0.1) is 0 Å². The molecule has 0 saturated heterocycles. The number of allylic oxidation sites excluding steroid dienone is 4. The van der Waals surface area contributed by atoms with Crippen molar-refractivity contribution in [3.63, 3.8) is 0 Å². The van der Waals surface area contributed by atoms with Gasteiger partial charge in [-0.1, -0.05) is 194 Å². The number of nitrogens with one attached hydrogen (secondary N) is 2.